The summed E-state index contributed by atoms with van der Waals surface area (Å²) in [5.74, 6) is -0.758. The number of carboxylic acid groups (broad SMARTS) is 1. The molecule has 1 N–H and O–H groups in total. The molecule has 0 atom stereocenters. The molecule has 3 nitrogen and oxygen atoms in total. The van der Waals surface area contributed by atoms with E-state index in [0.717, 1.165) is 12.2 Å². The number of benzene rings is 1. The molecular formula is C16H19NO2S. The molecule has 0 fully saturated rings. The quantitative estimate of drug-likeness (QED) is 0.878. The van der Waals surface area contributed by atoms with Crippen molar-refractivity contribution in [2.75, 3.05) is 11.4 Å². The van der Waals surface area contributed by atoms with Crippen LogP contribution in [0.25, 0.3) is 0 Å². The Morgan fingerprint density at radius 1 is 1.20 bits per heavy atom. The maximum Gasteiger partial charge on any atom is 0.305 e. The molecule has 2 rings (SSSR count). The zero-order chi connectivity index (χ0) is 14.5. The molecule has 20 heavy (non-hydrogen) atoms. The van der Waals surface area contributed by atoms with Crippen molar-refractivity contribution in [3.05, 3.63) is 51.7 Å². The minimum atomic E-state index is -0.758. The van der Waals surface area contributed by atoms with Crippen LogP contribution in [-0.2, 0) is 11.3 Å². The molecule has 0 aliphatic rings. The van der Waals surface area contributed by atoms with Crippen molar-refractivity contribution >= 4 is 23.0 Å². The molecule has 1 aromatic carbocycles. The first kappa shape index (κ1) is 14.6. The molecule has 0 saturated heterocycles. The fourth-order valence-electron chi connectivity index (χ4n) is 2.19. The van der Waals surface area contributed by atoms with Crippen LogP contribution in [0, 0.1) is 13.8 Å². The molecule has 0 aliphatic carbocycles. The van der Waals surface area contributed by atoms with E-state index in [1.54, 1.807) is 11.3 Å². The van der Waals surface area contributed by atoms with Crippen molar-refractivity contribution in [2.24, 2.45) is 0 Å². The number of para-hydroxylation sites is 1. The Labute approximate surface area is 123 Å². The second kappa shape index (κ2) is 6.57. The summed E-state index contributed by atoms with van der Waals surface area (Å²) in [4.78, 5) is 15.5. The summed E-state index contributed by atoms with van der Waals surface area (Å²) in [6, 6.07) is 12.3. The van der Waals surface area contributed by atoms with E-state index in [2.05, 4.69) is 43.0 Å². The van der Waals surface area contributed by atoms with Gasteiger partial charge in [-0.25, -0.2) is 0 Å². The third kappa shape index (κ3) is 3.84. The average molecular weight is 289 g/mol. The third-order valence-electron chi connectivity index (χ3n) is 3.19. The maximum atomic E-state index is 10.9. The van der Waals surface area contributed by atoms with Crippen molar-refractivity contribution in [1.29, 1.82) is 0 Å². The van der Waals surface area contributed by atoms with Gasteiger partial charge in [0.1, 0.15) is 0 Å². The lowest BCUT2D eigenvalue weighted by molar-refractivity contribution is -0.136. The normalized spacial score (nSPS) is 10.5. The summed E-state index contributed by atoms with van der Waals surface area (Å²) in [5, 5.41) is 8.92. The Kier molecular flexibility index (Phi) is 4.79. The largest absolute Gasteiger partial charge is 0.481 e. The van der Waals surface area contributed by atoms with E-state index in [1.165, 1.54) is 15.3 Å². The van der Waals surface area contributed by atoms with Gasteiger partial charge in [-0.15, -0.1) is 11.3 Å². The first-order valence-electron chi connectivity index (χ1n) is 6.64. The van der Waals surface area contributed by atoms with E-state index in [9.17, 15) is 4.79 Å². The predicted molar refractivity (Wildman–Crippen MR) is 83.5 cm³/mol. The van der Waals surface area contributed by atoms with Crippen molar-refractivity contribution in [2.45, 2.75) is 26.8 Å². The average Bonchev–Trinajstić information content (AvgIpc) is 2.81. The van der Waals surface area contributed by atoms with Crippen LogP contribution in [0.3, 0.4) is 0 Å². The van der Waals surface area contributed by atoms with Gasteiger partial charge in [0.25, 0.3) is 0 Å². The molecular weight excluding hydrogens is 270 g/mol. The number of aliphatic carboxylic acids is 1. The molecule has 0 unspecified atom stereocenters. The monoisotopic (exact) mass is 289 g/mol. The van der Waals surface area contributed by atoms with Gasteiger partial charge in [-0.1, -0.05) is 18.2 Å². The summed E-state index contributed by atoms with van der Waals surface area (Å²) >= 11 is 1.76. The van der Waals surface area contributed by atoms with Crippen LogP contribution < -0.4 is 4.90 Å². The zero-order valence-corrected chi connectivity index (χ0v) is 12.6. The number of rotatable bonds is 6. The number of carboxylic acids is 1. The van der Waals surface area contributed by atoms with Gasteiger partial charge in [0, 0.05) is 22.0 Å². The Bertz CT molecular complexity index is 592. The summed E-state index contributed by atoms with van der Waals surface area (Å²) in [7, 11) is 0. The number of hydrogen-bond acceptors (Lipinski definition) is 3. The van der Waals surface area contributed by atoms with E-state index < -0.39 is 5.97 Å². The lowest BCUT2D eigenvalue weighted by Crippen LogP contribution is -2.25. The van der Waals surface area contributed by atoms with Crippen molar-refractivity contribution < 1.29 is 9.90 Å². The number of carbonyl (C=O) groups is 1. The van der Waals surface area contributed by atoms with Gasteiger partial charge >= 0.3 is 5.97 Å². The molecule has 1 heterocycles. The van der Waals surface area contributed by atoms with Crippen LogP contribution in [-0.4, -0.2) is 17.6 Å². The van der Waals surface area contributed by atoms with Gasteiger partial charge in [0.2, 0.25) is 0 Å². The molecule has 0 amide bonds. The molecule has 0 spiro atoms. The van der Waals surface area contributed by atoms with Crippen molar-refractivity contribution in [1.82, 2.24) is 0 Å². The highest BCUT2D eigenvalue weighted by molar-refractivity contribution is 7.11. The molecule has 0 radical (unpaired) electrons. The number of anilines is 1. The highest BCUT2D eigenvalue weighted by Gasteiger charge is 2.12. The first-order chi connectivity index (χ1) is 9.56. The Morgan fingerprint density at radius 3 is 2.55 bits per heavy atom. The SMILES string of the molecule is Cc1ccc(CN(CCC(=O)O)c2ccccc2C)s1. The summed E-state index contributed by atoms with van der Waals surface area (Å²) in [5.41, 5.74) is 2.28. The Balaban J connectivity index is 2.20. The molecule has 2 aromatic rings. The first-order valence-corrected chi connectivity index (χ1v) is 7.45. The summed E-state index contributed by atoms with van der Waals surface area (Å²) < 4.78 is 0. The molecule has 0 bridgehead atoms. The van der Waals surface area contributed by atoms with Crippen LogP contribution in [0.15, 0.2) is 36.4 Å². The van der Waals surface area contributed by atoms with Gasteiger partial charge in [0.15, 0.2) is 0 Å². The lowest BCUT2D eigenvalue weighted by Gasteiger charge is -2.25. The third-order valence-corrected chi connectivity index (χ3v) is 4.18. The molecule has 4 heteroatoms. The van der Waals surface area contributed by atoms with E-state index >= 15 is 0 Å². The van der Waals surface area contributed by atoms with E-state index in [4.69, 9.17) is 5.11 Å². The number of nitrogens with zero attached hydrogens (tertiary/aromatic N) is 1. The van der Waals surface area contributed by atoms with Crippen molar-refractivity contribution in [3.8, 4) is 0 Å². The fraction of sp³-hybridized carbons (Fsp3) is 0.312. The fourth-order valence-corrected chi connectivity index (χ4v) is 3.10. The van der Waals surface area contributed by atoms with E-state index in [1.807, 2.05) is 12.1 Å². The lowest BCUT2D eigenvalue weighted by atomic mass is 10.1. The number of thiophene rings is 1. The number of hydrogen-bond donors (Lipinski definition) is 1. The van der Waals surface area contributed by atoms with Crippen LogP contribution >= 0.6 is 11.3 Å². The predicted octanol–water partition coefficient (Wildman–Crippen LogP) is 3.85. The smallest absolute Gasteiger partial charge is 0.305 e. The van der Waals surface area contributed by atoms with Gasteiger partial charge < -0.3 is 10.0 Å². The van der Waals surface area contributed by atoms with Crippen LogP contribution in [0.5, 0.6) is 0 Å². The zero-order valence-electron chi connectivity index (χ0n) is 11.8. The molecule has 106 valence electrons. The van der Waals surface area contributed by atoms with Gasteiger partial charge in [-0.2, -0.15) is 0 Å². The minimum absolute atomic E-state index is 0.151. The Morgan fingerprint density at radius 2 is 1.95 bits per heavy atom. The molecule has 0 saturated carbocycles. The van der Waals surface area contributed by atoms with Crippen LogP contribution in [0.2, 0.25) is 0 Å². The van der Waals surface area contributed by atoms with E-state index in [-0.39, 0.29) is 6.42 Å². The highest BCUT2D eigenvalue weighted by atomic mass is 32.1. The standard InChI is InChI=1S/C16H19NO2S/c1-12-5-3-4-6-15(12)17(10-9-16(18)19)11-14-8-7-13(2)20-14/h3-8H,9-11H2,1-2H3,(H,18,19). The second-order valence-electron chi connectivity index (χ2n) is 4.86. The van der Waals surface area contributed by atoms with Gasteiger partial charge in [-0.3, -0.25) is 4.79 Å². The number of aryl methyl sites for hydroxylation is 2. The second-order valence-corrected chi connectivity index (χ2v) is 6.24. The Hall–Kier alpha value is -1.81. The summed E-state index contributed by atoms with van der Waals surface area (Å²) in [6.07, 6.45) is 0.151. The van der Waals surface area contributed by atoms with Crippen LogP contribution in [0.1, 0.15) is 21.7 Å². The molecule has 0 aliphatic heterocycles. The minimum Gasteiger partial charge on any atom is -0.481 e. The maximum absolute atomic E-state index is 10.9. The topological polar surface area (TPSA) is 40.5 Å². The molecule has 1 aromatic heterocycles. The highest BCUT2D eigenvalue weighted by Crippen LogP contribution is 2.24. The summed E-state index contributed by atoms with van der Waals surface area (Å²) in [6.45, 7) is 5.43. The van der Waals surface area contributed by atoms with Crippen LogP contribution in [0.4, 0.5) is 5.69 Å². The van der Waals surface area contributed by atoms with Gasteiger partial charge in [-0.05, 0) is 37.6 Å². The van der Waals surface area contributed by atoms with E-state index in [0.29, 0.717) is 6.54 Å². The van der Waals surface area contributed by atoms with Crippen molar-refractivity contribution in [3.63, 3.8) is 0 Å². The van der Waals surface area contributed by atoms with Gasteiger partial charge in [0.05, 0.1) is 13.0 Å².